The van der Waals surface area contributed by atoms with Crippen LogP contribution in [0.4, 0.5) is 8.78 Å². The van der Waals surface area contributed by atoms with Gasteiger partial charge in [-0.1, -0.05) is 22.0 Å². The van der Waals surface area contributed by atoms with Crippen molar-refractivity contribution in [2.45, 2.75) is 12.5 Å². The predicted octanol–water partition coefficient (Wildman–Crippen LogP) is 4.08. The molecule has 0 fully saturated rings. The van der Waals surface area contributed by atoms with E-state index in [9.17, 15) is 8.78 Å². The van der Waals surface area contributed by atoms with E-state index >= 15 is 0 Å². The Bertz CT molecular complexity index is 622. The van der Waals surface area contributed by atoms with Crippen LogP contribution in [0.3, 0.4) is 0 Å². The molecule has 2 nitrogen and oxygen atoms in total. The van der Waals surface area contributed by atoms with Gasteiger partial charge in [0, 0.05) is 8.04 Å². The Morgan fingerprint density at radius 1 is 1.15 bits per heavy atom. The van der Waals surface area contributed by atoms with Gasteiger partial charge < -0.3 is 0 Å². The zero-order valence-electron chi connectivity index (χ0n) is 10.3. The van der Waals surface area contributed by atoms with Gasteiger partial charge in [-0.05, 0) is 70.5 Å². The highest BCUT2D eigenvalue weighted by Crippen LogP contribution is 2.26. The number of halogens is 4. The minimum Gasteiger partial charge on any atom is -0.271 e. The van der Waals surface area contributed by atoms with Gasteiger partial charge in [-0.25, -0.2) is 8.78 Å². The Kier molecular flexibility index (Phi) is 5.48. The maximum atomic E-state index is 13.2. The normalized spacial score (nSPS) is 12.4. The molecule has 0 radical (unpaired) electrons. The second-order valence-corrected chi connectivity index (χ2v) is 6.42. The summed E-state index contributed by atoms with van der Waals surface area (Å²) in [6, 6.07) is 9.59. The molecule has 106 valence electrons. The largest absolute Gasteiger partial charge is 0.271 e. The van der Waals surface area contributed by atoms with E-state index in [4.69, 9.17) is 5.84 Å². The Hall–Kier alpha value is -0.570. The SMILES string of the molecule is NNC(Cc1ccc(F)c(F)c1)c1cc(Br)ccc1I. The zero-order chi connectivity index (χ0) is 14.7. The number of nitrogens with one attached hydrogen (secondary N) is 1. The lowest BCUT2D eigenvalue weighted by atomic mass is 9.99. The summed E-state index contributed by atoms with van der Waals surface area (Å²) < 4.78 is 28.2. The summed E-state index contributed by atoms with van der Waals surface area (Å²) in [5.41, 5.74) is 4.42. The van der Waals surface area contributed by atoms with Crippen molar-refractivity contribution < 1.29 is 8.78 Å². The smallest absolute Gasteiger partial charge is 0.159 e. The maximum absolute atomic E-state index is 13.2. The van der Waals surface area contributed by atoms with Crippen LogP contribution in [0.25, 0.3) is 0 Å². The van der Waals surface area contributed by atoms with Gasteiger partial charge in [0.2, 0.25) is 0 Å². The molecule has 0 amide bonds. The summed E-state index contributed by atoms with van der Waals surface area (Å²) in [4.78, 5) is 0. The molecule has 3 N–H and O–H groups in total. The molecule has 0 bridgehead atoms. The van der Waals surface area contributed by atoms with E-state index < -0.39 is 11.6 Å². The molecule has 0 spiro atoms. The first-order chi connectivity index (χ1) is 9.51. The highest BCUT2D eigenvalue weighted by atomic mass is 127. The number of benzene rings is 2. The number of hydrogen-bond donors (Lipinski definition) is 2. The highest BCUT2D eigenvalue weighted by Gasteiger charge is 2.15. The van der Waals surface area contributed by atoms with Crippen LogP contribution in [0.1, 0.15) is 17.2 Å². The van der Waals surface area contributed by atoms with Crippen LogP contribution < -0.4 is 11.3 Å². The second kappa shape index (κ2) is 6.93. The van der Waals surface area contributed by atoms with Crippen LogP contribution in [-0.4, -0.2) is 0 Å². The van der Waals surface area contributed by atoms with E-state index in [1.165, 1.54) is 6.07 Å². The molecule has 2 aromatic rings. The van der Waals surface area contributed by atoms with E-state index in [-0.39, 0.29) is 6.04 Å². The molecule has 1 unspecified atom stereocenters. The van der Waals surface area contributed by atoms with Crippen LogP contribution >= 0.6 is 38.5 Å². The molecule has 0 aliphatic carbocycles. The molecule has 0 aromatic heterocycles. The summed E-state index contributed by atoms with van der Waals surface area (Å²) >= 11 is 5.64. The van der Waals surface area contributed by atoms with Gasteiger partial charge in [0.05, 0.1) is 6.04 Å². The van der Waals surface area contributed by atoms with E-state index in [1.54, 1.807) is 6.07 Å². The Balaban J connectivity index is 2.28. The van der Waals surface area contributed by atoms with Gasteiger partial charge in [0.1, 0.15) is 0 Å². The van der Waals surface area contributed by atoms with Gasteiger partial charge in [-0.3, -0.25) is 11.3 Å². The monoisotopic (exact) mass is 452 g/mol. The first-order valence-corrected chi connectivity index (χ1v) is 7.73. The van der Waals surface area contributed by atoms with Crippen molar-refractivity contribution in [2.24, 2.45) is 5.84 Å². The van der Waals surface area contributed by atoms with Crippen molar-refractivity contribution in [1.82, 2.24) is 5.43 Å². The van der Waals surface area contributed by atoms with Crippen molar-refractivity contribution in [3.63, 3.8) is 0 Å². The lowest BCUT2D eigenvalue weighted by molar-refractivity contribution is 0.502. The summed E-state index contributed by atoms with van der Waals surface area (Å²) in [6.07, 6.45) is 0.472. The number of hydrogen-bond acceptors (Lipinski definition) is 2. The summed E-state index contributed by atoms with van der Waals surface area (Å²) in [5.74, 6) is 3.91. The molecule has 0 saturated heterocycles. The zero-order valence-corrected chi connectivity index (χ0v) is 14.1. The average molecular weight is 453 g/mol. The Morgan fingerprint density at radius 3 is 2.55 bits per heavy atom. The number of nitrogens with two attached hydrogens (primary N) is 1. The molecule has 2 rings (SSSR count). The fraction of sp³-hybridized carbons (Fsp3) is 0.143. The minimum atomic E-state index is -0.845. The third kappa shape index (κ3) is 3.75. The van der Waals surface area contributed by atoms with Gasteiger partial charge >= 0.3 is 0 Å². The van der Waals surface area contributed by atoms with Crippen LogP contribution in [0.15, 0.2) is 40.9 Å². The Labute approximate surface area is 138 Å². The fourth-order valence-corrected chi connectivity index (χ4v) is 3.03. The van der Waals surface area contributed by atoms with Crippen molar-refractivity contribution in [2.75, 3.05) is 0 Å². The van der Waals surface area contributed by atoms with Crippen molar-refractivity contribution >= 4 is 38.5 Å². The lowest BCUT2D eigenvalue weighted by Gasteiger charge is -2.18. The molecule has 0 aliphatic rings. The van der Waals surface area contributed by atoms with E-state index in [1.807, 2.05) is 18.2 Å². The third-order valence-corrected chi connectivity index (χ3v) is 4.43. The van der Waals surface area contributed by atoms with Crippen molar-refractivity contribution in [3.05, 3.63) is 67.2 Å². The Morgan fingerprint density at radius 2 is 1.90 bits per heavy atom. The van der Waals surface area contributed by atoms with Gasteiger partial charge in [0.25, 0.3) is 0 Å². The summed E-state index contributed by atoms with van der Waals surface area (Å²) in [5, 5.41) is 0. The fourth-order valence-electron chi connectivity index (χ4n) is 1.94. The molecule has 0 aliphatic heterocycles. The van der Waals surface area contributed by atoms with Gasteiger partial charge in [-0.15, -0.1) is 0 Å². The third-order valence-electron chi connectivity index (χ3n) is 2.96. The van der Waals surface area contributed by atoms with Crippen LogP contribution in [-0.2, 0) is 6.42 Å². The van der Waals surface area contributed by atoms with Gasteiger partial charge in [0.15, 0.2) is 11.6 Å². The minimum absolute atomic E-state index is 0.177. The van der Waals surface area contributed by atoms with Crippen molar-refractivity contribution in [3.8, 4) is 0 Å². The van der Waals surface area contributed by atoms with Crippen LogP contribution in [0.5, 0.6) is 0 Å². The number of hydrazine groups is 1. The molecule has 0 saturated carbocycles. The highest BCUT2D eigenvalue weighted by molar-refractivity contribution is 14.1. The quantitative estimate of drug-likeness (QED) is 0.416. The first-order valence-electron chi connectivity index (χ1n) is 5.86. The maximum Gasteiger partial charge on any atom is 0.159 e. The first kappa shape index (κ1) is 15.8. The molecular weight excluding hydrogens is 441 g/mol. The molecule has 2 aromatic carbocycles. The molecule has 6 heteroatoms. The van der Waals surface area contributed by atoms with E-state index in [0.29, 0.717) is 12.0 Å². The molecule has 0 heterocycles. The average Bonchev–Trinajstić information content (AvgIpc) is 2.43. The molecule has 20 heavy (non-hydrogen) atoms. The van der Waals surface area contributed by atoms with E-state index in [2.05, 4.69) is 43.9 Å². The second-order valence-electron chi connectivity index (χ2n) is 4.34. The number of rotatable bonds is 4. The molecular formula is C14H12BrF2IN2. The predicted molar refractivity (Wildman–Crippen MR) is 87.0 cm³/mol. The van der Waals surface area contributed by atoms with Crippen LogP contribution in [0.2, 0.25) is 0 Å². The molecule has 1 atom stereocenters. The summed E-state index contributed by atoms with van der Waals surface area (Å²) in [6.45, 7) is 0. The van der Waals surface area contributed by atoms with Crippen molar-refractivity contribution in [1.29, 1.82) is 0 Å². The summed E-state index contributed by atoms with van der Waals surface area (Å²) in [7, 11) is 0. The lowest BCUT2D eigenvalue weighted by Crippen LogP contribution is -2.30. The van der Waals surface area contributed by atoms with Crippen LogP contribution in [0, 0.1) is 15.2 Å². The topological polar surface area (TPSA) is 38.0 Å². The standard InChI is InChI=1S/C14H12BrF2IN2/c15-9-2-4-13(18)10(7-9)14(20-19)6-8-1-3-11(16)12(17)5-8/h1-5,7,14,20H,6,19H2. The van der Waals surface area contributed by atoms with Gasteiger partial charge in [-0.2, -0.15) is 0 Å². The van der Waals surface area contributed by atoms with E-state index in [0.717, 1.165) is 19.7 Å².